The first-order valence-electron chi connectivity index (χ1n) is 10.7. The van der Waals surface area contributed by atoms with Gasteiger partial charge in [0.15, 0.2) is 5.82 Å². The molecule has 1 aromatic heterocycles. The Morgan fingerprint density at radius 3 is 2.30 bits per heavy atom. The third-order valence-electron chi connectivity index (χ3n) is 5.81. The van der Waals surface area contributed by atoms with Crippen molar-refractivity contribution in [2.24, 2.45) is 5.92 Å². The summed E-state index contributed by atoms with van der Waals surface area (Å²) in [7, 11) is 0. The van der Waals surface area contributed by atoms with Crippen molar-refractivity contribution in [3.05, 3.63) is 71.8 Å². The Morgan fingerprint density at radius 2 is 1.63 bits per heavy atom. The molecule has 158 valence electrons. The van der Waals surface area contributed by atoms with E-state index in [9.17, 15) is 4.39 Å². The van der Waals surface area contributed by atoms with Gasteiger partial charge in [-0.2, -0.15) is 0 Å². The van der Waals surface area contributed by atoms with E-state index in [1.54, 1.807) is 0 Å². The Bertz CT molecular complexity index is 916. The molecule has 0 aliphatic carbocycles. The number of piperazine rings is 1. The van der Waals surface area contributed by atoms with Crippen LogP contribution in [0.1, 0.15) is 31.3 Å². The zero-order valence-corrected chi connectivity index (χ0v) is 17.7. The van der Waals surface area contributed by atoms with Crippen molar-refractivity contribution >= 4 is 5.69 Å². The maximum Gasteiger partial charge on any atom is 0.168 e. The maximum atomic E-state index is 13.2. The third-order valence-corrected chi connectivity index (χ3v) is 5.81. The number of benzene rings is 2. The van der Waals surface area contributed by atoms with E-state index in [0.717, 1.165) is 50.7 Å². The van der Waals surface area contributed by atoms with E-state index in [0.29, 0.717) is 5.92 Å². The van der Waals surface area contributed by atoms with Crippen molar-refractivity contribution < 1.29 is 4.39 Å². The van der Waals surface area contributed by atoms with Crippen molar-refractivity contribution in [1.29, 1.82) is 0 Å². The van der Waals surface area contributed by atoms with E-state index in [4.69, 9.17) is 0 Å². The number of rotatable bonds is 7. The normalized spacial score (nSPS) is 16.2. The highest BCUT2D eigenvalue weighted by molar-refractivity contribution is 5.46. The third kappa shape index (κ3) is 4.67. The van der Waals surface area contributed by atoms with E-state index < -0.39 is 0 Å². The zero-order valence-electron chi connectivity index (χ0n) is 17.7. The lowest BCUT2D eigenvalue weighted by Gasteiger charge is -2.41. The molecule has 1 aliphatic rings. The molecule has 3 aromatic rings. The fraction of sp³-hybridized carbons (Fsp3) is 0.435. The predicted molar refractivity (Wildman–Crippen MR) is 116 cm³/mol. The number of tetrazole rings is 1. The summed E-state index contributed by atoms with van der Waals surface area (Å²) >= 11 is 0. The van der Waals surface area contributed by atoms with E-state index in [1.165, 1.54) is 17.7 Å². The van der Waals surface area contributed by atoms with Crippen LogP contribution in [0.25, 0.3) is 0 Å². The molecule has 0 amide bonds. The average Bonchev–Trinajstić information content (AvgIpc) is 3.22. The summed E-state index contributed by atoms with van der Waals surface area (Å²) in [5.41, 5.74) is 2.36. The Labute approximate surface area is 177 Å². The van der Waals surface area contributed by atoms with Gasteiger partial charge in [-0.05, 0) is 52.6 Å². The first kappa shape index (κ1) is 20.5. The van der Waals surface area contributed by atoms with Crippen molar-refractivity contribution in [3.63, 3.8) is 0 Å². The second-order valence-electron chi connectivity index (χ2n) is 8.18. The average molecular weight is 409 g/mol. The summed E-state index contributed by atoms with van der Waals surface area (Å²) < 4.78 is 15.2. The molecule has 1 saturated heterocycles. The molecule has 30 heavy (non-hydrogen) atoms. The maximum absolute atomic E-state index is 13.2. The van der Waals surface area contributed by atoms with Crippen LogP contribution in [-0.4, -0.2) is 51.3 Å². The summed E-state index contributed by atoms with van der Waals surface area (Å²) in [6, 6.07) is 17.4. The molecule has 0 unspecified atom stereocenters. The van der Waals surface area contributed by atoms with Gasteiger partial charge < -0.3 is 4.90 Å². The van der Waals surface area contributed by atoms with Gasteiger partial charge in [-0.25, -0.2) is 9.07 Å². The summed E-state index contributed by atoms with van der Waals surface area (Å²) in [5.74, 6) is 1.14. The first-order valence-corrected chi connectivity index (χ1v) is 10.7. The van der Waals surface area contributed by atoms with Gasteiger partial charge in [-0.3, -0.25) is 4.90 Å². The fourth-order valence-electron chi connectivity index (χ4n) is 4.26. The van der Waals surface area contributed by atoms with Crippen molar-refractivity contribution in [1.82, 2.24) is 25.1 Å². The van der Waals surface area contributed by atoms with Crippen molar-refractivity contribution in [3.8, 4) is 0 Å². The topological polar surface area (TPSA) is 50.1 Å². The van der Waals surface area contributed by atoms with Crippen LogP contribution in [0.3, 0.4) is 0 Å². The van der Waals surface area contributed by atoms with Gasteiger partial charge in [-0.1, -0.05) is 44.2 Å². The summed E-state index contributed by atoms with van der Waals surface area (Å²) in [5, 5.41) is 12.7. The summed E-state index contributed by atoms with van der Waals surface area (Å²) in [4.78, 5) is 4.79. The van der Waals surface area contributed by atoms with Crippen LogP contribution in [0.2, 0.25) is 0 Å². The van der Waals surface area contributed by atoms with Gasteiger partial charge in [-0.15, -0.1) is 5.10 Å². The number of aryl methyl sites for hydroxylation is 2. The lowest BCUT2D eigenvalue weighted by Crippen LogP contribution is -2.49. The Kier molecular flexibility index (Phi) is 6.38. The SMILES string of the molecule is CC(C)[C@@H](c1nnnn1CCc1ccccc1)N1CCN(c2ccc(F)cc2)CC1. The minimum absolute atomic E-state index is 0.172. The quantitative estimate of drug-likeness (QED) is 0.598. The molecule has 2 heterocycles. The van der Waals surface area contributed by atoms with Crippen molar-refractivity contribution in [2.45, 2.75) is 32.9 Å². The largest absolute Gasteiger partial charge is 0.369 e. The summed E-state index contributed by atoms with van der Waals surface area (Å²) in [6.45, 7) is 8.88. The lowest BCUT2D eigenvalue weighted by atomic mass is 10.0. The van der Waals surface area contributed by atoms with E-state index in [2.05, 4.69) is 63.4 Å². The molecule has 1 atom stereocenters. The Morgan fingerprint density at radius 1 is 0.933 bits per heavy atom. The second kappa shape index (κ2) is 9.34. The van der Waals surface area contributed by atoms with Crippen LogP contribution < -0.4 is 4.90 Å². The van der Waals surface area contributed by atoms with Crippen LogP contribution >= 0.6 is 0 Å². The minimum Gasteiger partial charge on any atom is -0.369 e. The predicted octanol–water partition coefficient (Wildman–Crippen LogP) is 3.57. The molecule has 0 N–H and O–H groups in total. The number of hydrogen-bond donors (Lipinski definition) is 0. The molecular weight excluding hydrogens is 379 g/mol. The minimum atomic E-state index is -0.195. The highest BCUT2D eigenvalue weighted by Crippen LogP contribution is 2.29. The van der Waals surface area contributed by atoms with Crippen molar-refractivity contribution in [2.75, 3.05) is 31.1 Å². The van der Waals surface area contributed by atoms with E-state index in [1.807, 2.05) is 22.9 Å². The zero-order chi connectivity index (χ0) is 20.9. The number of aromatic nitrogens is 4. The lowest BCUT2D eigenvalue weighted by molar-refractivity contribution is 0.134. The van der Waals surface area contributed by atoms with Gasteiger partial charge >= 0.3 is 0 Å². The van der Waals surface area contributed by atoms with E-state index in [-0.39, 0.29) is 11.9 Å². The smallest absolute Gasteiger partial charge is 0.168 e. The number of nitrogens with zero attached hydrogens (tertiary/aromatic N) is 6. The Hall–Kier alpha value is -2.80. The molecule has 2 aromatic carbocycles. The molecule has 6 nitrogen and oxygen atoms in total. The summed E-state index contributed by atoms with van der Waals surface area (Å²) in [6.07, 6.45) is 0.905. The highest BCUT2D eigenvalue weighted by atomic mass is 19.1. The molecule has 0 saturated carbocycles. The second-order valence-corrected chi connectivity index (χ2v) is 8.18. The van der Waals surface area contributed by atoms with Gasteiger partial charge in [0.2, 0.25) is 0 Å². The standard InChI is InChI=1S/C23H29FN6/c1-18(2)22(23-25-26-27-30(23)13-12-19-6-4-3-5-7-19)29-16-14-28(15-17-29)21-10-8-20(24)9-11-21/h3-11,18,22H,12-17H2,1-2H3/t22-/m0/s1. The number of hydrogen-bond acceptors (Lipinski definition) is 5. The molecule has 4 rings (SSSR count). The molecular formula is C23H29FN6. The van der Waals surface area contributed by atoms with Gasteiger partial charge in [0.25, 0.3) is 0 Å². The Balaban J connectivity index is 1.43. The monoisotopic (exact) mass is 408 g/mol. The molecule has 7 heteroatoms. The van der Waals surface area contributed by atoms with Gasteiger partial charge in [0.1, 0.15) is 5.82 Å². The van der Waals surface area contributed by atoms with Gasteiger partial charge in [0.05, 0.1) is 6.04 Å². The molecule has 0 bridgehead atoms. The molecule has 1 fully saturated rings. The number of anilines is 1. The van der Waals surface area contributed by atoms with Crippen LogP contribution in [0.4, 0.5) is 10.1 Å². The molecule has 0 spiro atoms. The van der Waals surface area contributed by atoms with E-state index >= 15 is 0 Å². The van der Waals surface area contributed by atoms with Crippen LogP contribution in [-0.2, 0) is 13.0 Å². The number of halogens is 1. The fourth-order valence-corrected chi connectivity index (χ4v) is 4.26. The van der Waals surface area contributed by atoms with Crippen LogP contribution in [0, 0.1) is 11.7 Å². The van der Waals surface area contributed by atoms with Gasteiger partial charge in [0, 0.05) is 38.4 Å². The van der Waals surface area contributed by atoms with Crippen LogP contribution in [0.5, 0.6) is 0 Å². The first-order chi connectivity index (χ1) is 14.6. The highest BCUT2D eigenvalue weighted by Gasteiger charge is 2.31. The van der Waals surface area contributed by atoms with Crippen LogP contribution in [0.15, 0.2) is 54.6 Å². The molecule has 1 aliphatic heterocycles. The molecule has 0 radical (unpaired) electrons.